The average Bonchev–Trinajstić information content (AvgIpc) is 3.08. The van der Waals surface area contributed by atoms with Crippen LogP contribution in [0.15, 0.2) is 12.7 Å². The molecule has 1 saturated heterocycles. The van der Waals surface area contributed by atoms with Crippen molar-refractivity contribution in [3.8, 4) is 0 Å². The molecule has 0 saturated carbocycles. The Morgan fingerprint density at radius 2 is 1.29 bits per heavy atom. The molecule has 2 aromatic heterocycles. The summed E-state index contributed by atoms with van der Waals surface area (Å²) in [6.45, 7) is 1.88. The van der Waals surface area contributed by atoms with Crippen molar-refractivity contribution in [3.05, 3.63) is 12.7 Å². The molecular formula is C10H23N5NaO14P3S. The number of aliphatic hydroxyl groups excluding tert-OH is 2. The van der Waals surface area contributed by atoms with Gasteiger partial charge in [-0.1, -0.05) is 6.92 Å². The fraction of sp³-hybridized carbons (Fsp3) is 0.500. The smallest absolute Gasteiger partial charge is 1.00 e. The van der Waals surface area contributed by atoms with E-state index in [0.717, 1.165) is 0 Å². The molecule has 1 aliphatic heterocycles. The average molecular weight is 585 g/mol. The molecule has 13 N–H and O–H groups in total. The molecule has 24 heteroatoms. The number of nitrogen functional groups attached to an aromatic ring is 1. The largest absolute Gasteiger partial charge is 1.00 e. The van der Waals surface area contributed by atoms with Crippen LogP contribution in [-0.2, 0) is 13.7 Å². The maximum Gasteiger partial charge on any atom is 1.00 e. The zero-order chi connectivity index (χ0) is 26.4. The van der Waals surface area contributed by atoms with Gasteiger partial charge in [0.2, 0.25) is 0 Å². The molecule has 0 bridgehead atoms. The molecule has 0 spiro atoms. The first-order chi connectivity index (χ1) is 14.6. The van der Waals surface area contributed by atoms with Crippen molar-refractivity contribution in [2.75, 3.05) is 5.73 Å². The van der Waals surface area contributed by atoms with E-state index in [0.29, 0.717) is 17.0 Å². The minimum absolute atomic E-state index is 0. The van der Waals surface area contributed by atoms with E-state index < -0.39 is 35.7 Å². The van der Waals surface area contributed by atoms with Crippen LogP contribution in [0.2, 0.25) is 0 Å². The van der Waals surface area contributed by atoms with Crippen molar-refractivity contribution in [2.24, 2.45) is 0 Å². The molecule has 3 heterocycles. The Balaban J connectivity index is -0.000000504. The Morgan fingerprint density at radius 3 is 1.65 bits per heavy atom. The van der Waals surface area contributed by atoms with Crippen molar-refractivity contribution in [2.45, 2.75) is 29.8 Å². The van der Waals surface area contributed by atoms with Crippen LogP contribution in [0.3, 0.4) is 0 Å². The van der Waals surface area contributed by atoms with Gasteiger partial charge in [-0.25, -0.2) is 28.6 Å². The Morgan fingerprint density at radius 1 is 0.882 bits per heavy atom. The molecule has 0 aliphatic carbocycles. The molecule has 2 aromatic rings. The Hall–Kier alpha value is -0.0500. The summed E-state index contributed by atoms with van der Waals surface area (Å²) in [5.74, 6) is 0.310. The van der Waals surface area contributed by atoms with Crippen molar-refractivity contribution in [3.63, 3.8) is 0 Å². The molecule has 0 radical (unpaired) electrons. The standard InChI is InChI=1S/C10H13N5O2S.Na.3H3O4P.H/c1-4-6(16)7(17)10(18-4)15-3-14-5-8(11)12-2-13-9(5)15;;3*1-5(2,3)4;/h2-4,6-7,10,16-17H,1H3,(H2,11,12,13);;3*(H3,1,2,3,4);/q;+1;;;;-1/t4-,6-,7-,10-;;;;;/m1...../s1. The van der Waals surface area contributed by atoms with Crippen molar-refractivity contribution in [1.82, 2.24) is 19.5 Å². The zero-order valence-electron chi connectivity index (χ0n) is 18.2. The summed E-state index contributed by atoms with van der Waals surface area (Å²) in [6.07, 6.45) is 1.33. The first-order valence-corrected chi connectivity index (χ1v) is 13.5. The van der Waals surface area contributed by atoms with Crippen LogP contribution in [0.4, 0.5) is 5.82 Å². The van der Waals surface area contributed by atoms with E-state index in [1.54, 1.807) is 10.9 Å². The second kappa shape index (κ2) is 14.6. The molecule has 4 atom stereocenters. The maximum atomic E-state index is 10.0. The van der Waals surface area contributed by atoms with Gasteiger partial charge >= 0.3 is 53.0 Å². The van der Waals surface area contributed by atoms with Gasteiger partial charge in [0, 0.05) is 5.25 Å². The molecule has 0 amide bonds. The van der Waals surface area contributed by atoms with Crippen LogP contribution in [0.5, 0.6) is 0 Å². The minimum atomic E-state index is -4.64. The molecule has 3 rings (SSSR count). The number of nitrogens with two attached hydrogens (primary N) is 1. The number of nitrogens with zero attached hydrogens (tertiary/aromatic N) is 4. The number of phosphoric acid groups is 3. The molecule has 194 valence electrons. The first kappa shape index (κ1) is 36.1. The summed E-state index contributed by atoms with van der Waals surface area (Å²) < 4.78 is 28.4. The molecule has 19 nitrogen and oxygen atoms in total. The number of hydrogen-bond acceptors (Lipinski definition) is 10. The number of rotatable bonds is 1. The van der Waals surface area contributed by atoms with Gasteiger partial charge in [-0.05, 0) is 0 Å². The summed E-state index contributed by atoms with van der Waals surface area (Å²) in [4.78, 5) is 76.8. The number of aliphatic hydroxyl groups is 2. The van der Waals surface area contributed by atoms with E-state index in [2.05, 4.69) is 15.0 Å². The number of imidazole rings is 1. The van der Waals surface area contributed by atoms with Gasteiger partial charge in [0.1, 0.15) is 23.3 Å². The fourth-order valence-corrected chi connectivity index (χ4v) is 3.48. The van der Waals surface area contributed by atoms with Gasteiger partial charge in [0.15, 0.2) is 11.5 Å². The second-order valence-corrected chi connectivity index (χ2v) is 10.4. The summed E-state index contributed by atoms with van der Waals surface area (Å²) in [7, 11) is -13.9. The Bertz CT molecular complexity index is 979. The van der Waals surface area contributed by atoms with Crippen molar-refractivity contribution in [1.29, 1.82) is 0 Å². The van der Waals surface area contributed by atoms with Crippen molar-refractivity contribution < 1.29 is 98.9 Å². The minimum Gasteiger partial charge on any atom is -1.00 e. The number of hydrogen-bond donors (Lipinski definition) is 12. The quantitative estimate of drug-likeness (QED) is 0.109. The van der Waals surface area contributed by atoms with E-state index in [4.69, 9.17) is 63.5 Å². The molecular weight excluding hydrogens is 562 g/mol. The van der Waals surface area contributed by atoms with Crippen LogP contribution in [0.25, 0.3) is 11.2 Å². The zero-order valence-corrected chi connectivity index (χ0v) is 22.7. The summed E-state index contributed by atoms with van der Waals surface area (Å²) in [5, 5.41) is 19.5. The fourth-order valence-electron chi connectivity index (χ4n) is 2.11. The normalized spacial score (nSPS) is 22.2. The second-order valence-electron chi connectivity index (χ2n) is 5.84. The first-order valence-electron chi connectivity index (χ1n) is 7.89. The third kappa shape index (κ3) is 16.6. The topological polar surface area (TPSA) is 343 Å². The molecule has 34 heavy (non-hydrogen) atoms. The SMILES string of the molecule is C[C@H]1S[C@@H](n2cnc3c(N)ncnc32)[C@H](O)[C@@H]1O.O=P(O)(O)O.O=P(O)(O)O.O=P(O)(O)O.[H-].[Na+]. The molecule has 1 aliphatic rings. The van der Waals surface area contributed by atoms with Crippen molar-refractivity contribution >= 4 is 52.2 Å². The van der Waals surface area contributed by atoms with Gasteiger partial charge in [-0.15, -0.1) is 11.8 Å². The molecule has 1 fully saturated rings. The molecule has 0 unspecified atom stereocenters. The number of fused-ring (bicyclic) bond motifs is 1. The van der Waals surface area contributed by atoms with E-state index in [1.165, 1.54) is 18.1 Å². The van der Waals surface area contributed by atoms with E-state index in [1.807, 2.05) is 6.92 Å². The number of thioether (sulfide) groups is 1. The van der Waals surface area contributed by atoms with Gasteiger partial charge in [0.25, 0.3) is 0 Å². The van der Waals surface area contributed by atoms with Crippen LogP contribution in [-0.4, -0.2) is 91.2 Å². The van der Waals surface area contributed by atoms with Crippen LogP contribution >= 0.6 is 35.2 Å². The van der Waals surface area contributed by atoms with Crippen LogP contribution in [0, 0.1) is 0 Å². The van der Waals surface area contributed by atoms with Crippen LogP contribution in [0.1, 0.15) is 13.7 Å². The monoisotopic (exact) mass is 585 g/mol. The van der Waals surface area contributed by atoms with Gasteiger partial charge in [-0.3, -0.25) is 4.57 Å². The predicted molar refractivity (Wildman–Crippen MR) is 112 cm³/mol. The summed E-state index contributed by atoms with van der Waals surface area (Å²) >= 11 is 1.48. The number of aromatic nitrogens is 4. The Kier molecular flexibility index (Phi) is 15.5. The van der Waals surface area contributed by atoms with Gasteiger partial charge in [0.05, 0.1) is 12.4 Å². The molecule has 0 aromatic carbocycles. The Labute approximate surface area is 218 Å². The third-order valence-corrected chi connectivity index (χ3v) is 4.63. The maximum absolute atomic E-state index is 10.0. The third-order valence-electron chi connectivity index (χ3n) is 3.14. The summed E-state index contributed by atoms with van der Waals surface area (Å²) in [6, 6.07) is 0. The summed E-state index contributed by atoms with van der Waals surface area (Å²) in [5.41, 5.74) is 6.79. The van der Waals surface area contributed by atoms with E-state index in [-0.39, 0.29) is 41.6 Å². The number of anilines is 1. The van der Waals surface area contributed by atoms with E-state index in [9.17, 15) is 10.2 Å². The van der Waals surface area contributed by atoms with Gasteiger partial charge in [-0.2, -0.15) is 0 Å². The van der Waals surface area contributed by atoms with Gasteiger partial charge < -0.3 is 61.4 Å². The van der Waals surface area contributed by atoms with E-state index >= 15 is 0 Å². The van der Waals surface area contributed by atoms with Crippen LogP contribution < -0.4 is 35.3 Å². The predicted octanol–water partition coefficient (Wildman–Crippen LogP) is -5.91.